The quantitative estimate of drug-likeness (QED) is 0.855. The van der Waals surface area contributed by atoms with E-state index in [9.17, 15) is 4.79 Å². The Morgan fingerprint density at radius 3 is 2.65 bits per heavy atom. The summed E-state index contributed by atoms with van der Waals surface area (Å²) in [5.41, 5.74) is 6.73. The Morgan fingerprint density at radius 1 is 1.35 bits per heavy atom. The lowest BCUT2D eigenvalue weighted by atomic mass is 9.96. The number of nitrogens with two attached hydrogens (primary N) is 1. The summed E-state index contributed by atoms with van der Waals surface area (Å²) in [7, 11) is 1.92. The number of amides is 1. The smallest absolute Gasteiger partial charge is 0.240 e. The molecule has 0 spiro atoms. The van der Waals surface area contributed by atoms with Crippen molar-refractivity contribution in [3.05, 3.63) is 12.4 Å². The summed E-state index contributed by atoms with van der Waals surface area (Å²) in [5.74, 6) is 0.0398. The highest BCUT2D eigenvalue weighted by atomic mass is 35.5. The van der Waals surface area contributed by atoms with Gasteiger partial charge in [0.1, 0.15) is 0 Å². The van der Waals surface area contributed by atoms with Gasteiger partial charge >= 0.3 is 0 Å². The topological polar surface area (TPSA) is 76.2 Å². The summed E-state index contributed by atoms with van der Waals surface area (Å²) in [6.45, 7) is 1.86. The van der Waals surface area contributed by atoms with E-state index in [0.29, 0.717) is 0 Å². The Balaban J connectivity index is 0.00000132. The molecule has 2 heterocycles. The van der Waals surface area contributed by atoms with Crippen LogP contribution in [0.1, 0.15) is 38.5 Å². The van der Waals surface area contributed by atoms with E-state index in [-0.39, 0.29) is 36.8 Å². The Kier molecular flexibility index (Phi) is 7.17. The highest BCUT2D eigenvalue weighted by Gasteiger charge is 2.38. The van der Waals surface area contributed by atoms with Crippen LogP contribution in [0.15, 0.2) is 12.4 Å². The highest BCUT2D eigenvalue weighted by molar-refractivity contribution is 5.86. The summed E-state index contributed by atoms with van der Waals surface area (Å²) >= 11 is 0. The molecule has 2 aliphatic rings. The number of nitrogens with one attached hydrogen (secondary N) is 1. The van der Waals surface area contributed by atoms with Crippen LogP contribution >= 0.6 is 24.8 Å². The number of nitrogens with zero attached hydrogens (tertiary/aromatic N) is 3. The van der Waals surface area contributed by atoms with E-state index in [1.165, 1.54) is 0 Å². The normalized spacial score (nSPS) is 22.9. The van der Waals surface area contributed by atoms with Crippen LogP contribution in [-0.4, -0.2) is 40.4 Å². The fourth-order valence-electron chi connectivity index (χ4n) is 3.46. The van der Waals surface area contributed by atoms with Crippen LogP contribution in [-0.2, 0) is 11.8 Å². The molecule has 1 unspecified atom stereocenters. The van der Waals surface area contributed by atoms with E-state index in [1.54, 1.807) is 0 Å². The Hall–Kier alpha value is -0.980. The van der Waals surface area contributed by atoms with E-state index in [0.717, 1.165) is 57.3 Å². The number of aromatic nitrogens is 2. The number of carbonyl (C=O) groups is 1. The summed E-state index contributed by atoms with van der Waals surface area (Å²) in [6.07, 6.45) is 9.77. The van der Waals surface area contributed by atoms with Crippen molar-refractivity contribution >= 4 is 36.4 Å². The first-order valence-electron chi connectivity index (χ1n) is 7.90. The van der Waals surface area contributed by atoms with Crippen LogP contribution in [0.2, 0.25) is 0 Å². The summed E-state index contributed by atoms with van der Waals surface area (Å²) in [5, 5.41) is 7.39. The SMILES string of the molecule is Cl.Cl.Cn1cc(N2CCCC(NC(=O)C3(N)CCCC3)C2)cn1. The monoisotopic (exact) mass is 363 g/mol. The van der Waals surface area contributed by atoms with Gasteiger partial charge in [0.2, 0.25) is 5.91 Å². The average molecular weight is 364 g/mol. The summed E-state index contributed by atoms with van der Waals surface area (Å²) in [6, 6.07) is 0.187. The fourth-order valence-corrected chi connectivity index (χ4v) is 3.46. The second-order valence-corrected chi connectivity index (χ2v) is 6.49. The van der Waals surface area contributed by atoms with Gasteiger partial charge in [-0.05, 0) is 25.7 Å². The minimum atomic E-state index is -0.628. The maximum absolute atomic E-state index is 12.4. The predicted molar refractivity (Wildman–Crippen MR) is 96.5 cm³/mol. The van der Waals surface area contributed by atoms with Gasteiger partial charge in [-0.2, -0.15) is 5.10 Å². The predicted octanol–water partition coefficient (Wildman–Crippen LogP) is 1.62. The second-order valence-electron chi connectivity index (χ2n) is 6.49. The molecule has 3 N–H and O–H groups in total. The Labute approximate surface area is 150 Å². The molecule has 1 atom stereocenters. The van der Waals surface area contributed by atoms with Gasteiger partial charge in [0.05, 0.1) is 17.4 Å². The molecule has 1 saturated carbocycles. The minimum absolute atomic E-state index is 0. The Bertz CT molecular complexity index is 516. The van der Waals surface area contributed by atoms with Crippen molar-refractivity contribution in [1.29, 1.82) is 0 Å². The van der Waals surface area contributed by atoms with Gasteiger partial charge in [-0.25, -0.2) is 0 Å². The van der Waals surface area contributed by atoms with Crippen LogP contribution in [0.5, 0.6) is 0 Å². The molecule has 6 nitrogen and oxygen atoms in total. The zero-order valence-corrected chi connectivity index (χ0v) is 15.2. The lowest BCUT2D eigenvalue weighted by Gasteiger charge is -2.35. The number of halogens is 2. The first-order valence-corrected chi connectivity index (χ1v) is 7.90. The van der Waals surface area contributed by atoms with Crippen LogP contribution in [0, 0.1) is 0 Å². The van der Waals surface area contributed by atoms with Gasteiger partial charge in [-0.3, -0.25) is 9.48 Å². The molecule has 2 fully saturated rings. The first kappa shape index (κ1) is 20.1. The number of rotatable bonds is 3. The van der Waals surface area contributed by atoms with E-state index >= 15 is 0 Å². The van der Waals surface area contributed by atoms with Crippen molar-refractivity contribution in [2.75, 3.05) is 18.0 Å². The maximum Gasteiger partial charge on any atom is 0.240 e. The molecular formula is C15H27Cl2N5O. The molecule has 1 amide bonds. The molecule has 1 saturated heterocycles. The van der Waals surface area contributed by atoms with Gasteiger partial charge in [0.25, 0.3) is 0 Å². The molecule has 8 heteroatoms. The van der Waals surface area contributed by atoms with Gasteiger partial charge in [0, 0.05) is 32.4 Å². The van der Waals surface area contributed by atoms with E-state index in [2.05, 4.69) is 15.3 Å². The average Bonchev–Trinajstić information content (AvgIpc) is 3.09. The summed E-state index contributed by atoms with van der Waals surface area (Å²) < 4.78 is 1.81. The molecule has 0 aromatic carbocycles. The molecule has 1 aliphatic heterocycles. The molecule has 0 bridgehead atoms. The van der Waals surface area contributed by atoms with Crippen molar-refractivity contribution in [2.24, 2.45) is 12.8 Å². The maximum atomic E-state index is 12.4. The lowest BCUT2D eigenvalue weighted by Crippen LogP contribution is -2.57. The number of piperidine rings is 1. The second kappa shape index (κ2) is 8.22. The van der Waals surface area contributed by atoms with Crippen molar-refractivity contribution in [2.45, 2.75) is 50.1 Å². The number of anilines is 1. The van der Waals surface area contributed by atoms with Crippen LogP contribution < -0.4 is 16.0 Å². The third-order valence-corrected chi connectivity index (χ3v) is 4.76. The van der Waals surface area contributed by atoms with Crippen LogP contribution in [0.4, 0.5) is 5.69 Å². The molecule has 3 rings (SSSR count). The first-order chi connectivity index (χ1) is 10.1. The molecular weight excluding hydrogens is 337 g/mol. The van der Waals surface area contributed by atoms with Crippen LogP contribution in [0.25, 0.3) is 0 Å². The van der Waals surface area contributed by atoms with Gasteiger partial charge in [-0.15, -0.1) is 24.8 Å². The zero-order chi connectivity index (χ0) is 14.9. The van der Waals surface area contributed by atoms with Crippen molar-refractivity contribution in [3.8, 4) is 0 Å². The molecule has 132 valence electrons. The third kappa shape index (κ3) is 4.52. The highest BCUT2D eigenvalue weighted by Crippen LogP contribution is 2.28. The van der Waals surface area contributed by atoms with Gasteiger partial charge < -0.3 is 16.0 Å². The number of hydrogen-bond acceptors (Lipinski definition) is 4. The Morgan fingerprint density at radius 2 is 2.04 bits per heavy atom. The molecule has 1 aromatic heterocycles. The standard InChI is InChI=1S/C15H25N5O.2ClH/c1-19-11-13(9-17-19)20-8-4-5-12(10-20)18-14(21)15(16)6-2-3-7-15;;/h9,11-12H,2-8,10,16H2,1H3,(H,18,21);2*1H. The van der Waals surface area contributed by atoms with E-state index in [4.69, 9.17) is 5.73 Å². The van der Waals surface area contributed by atoms with E-state index in [1.807, 2.05) is 24.1 Å². The number of carbonyl (C=O) groups excluding carboxylic acids is 1. The lowest BCUT2D eigenvalue weighted by molar-refractivity contribution is -0.126. The molecule has 0 radical (unpaired) electrons. The largest absolute Gasteiger partial charge is 0.367 e. The van der Waals surface area contributed by atoms with Crippen LogP contribution in [0.3, 0.4) is 0 Å². The third-order valence-electron chi connectivity index (χ3n) is 4.76. The van der Waals surface area contributed by atoms with E-state index < -0.39 is 5.54 Å². The number of hydrogen-bond donors (Lipinski definition) is 2. The number of aryl methyl sites for hydroxylation is 1. The van der Waals surface area contributed by atoms with Gasteiger partial charge in [-0.1, -0.05) is 12.8 Å². The minimum Gasteiger partial charge on any atom is -0.367 e. The molecule has 23 heavy (non-hydrogen) atoms. The molecule has 1 aliphatic carbocycles. The summed E-state index contributed by atoms with van der Waals surface area (Å²) in [4.78, 5) is 14.7. The van der Waals surface area contributed by atoms with Gasteiger partial charge in [0.15, 0.2) is 0 Å². The van der Waals surface area contributed by atoms with Crippen molar-refractivity contribution in [1.82, 2.24) is 15.1 Å². The fraction of sp³-hybridized carbons (Fsp3) is 0.733. The molecule has 1 aromatic rings. The van der Waals surface area contributed by atoms with Crippen molar-refractivity contribution < 1.29 is 4.79 Å². The van der Waals surface area contributed by atoms with Crippen molar-refractivity contribution in [3.63, 3.8) is 0 Å². The zero-order valence-electron chi connectivity index (χ0n) is 13.5.